The highest BCUT2D eigenvalue weighted by molar-refractivity contribution is 9.10. The Morgan fingerprint density at radius 1 is 1.09 bits per heavy atom. The van der Waals surface area contributed by atoms with E-state index in [2.05, 4.69) is 31.3 Å². The largest absolute Gasteiger partial charge is 0.490 e. The summed E-state index contributed by atoms with van der Waals surface area (Å²) in [6.45, 7) is 3.21. The lowest BCUT2D eigenvalue weighted by molar-refractivity contribution is -0.385. The van der Waals surface area contributed by atoms with E-state index in [4.69, 9.17) is 13.9 Å². The molecule has 0 aliphatic carbocycles. The number of para-hydroxylation sites is 2. The summed E-state index contributed by atoms with van der Waals surface area (Å²) in [5, 5.41) is 20.4. The second-order valence-electron chi connectivity index (χ2n) is 10.3. The summed E-state index contributed by atoms with van der Waals surface area (Å²) in [7, 11) is 0. The molecule has 1 amide bonds. The van der Waals surface area contributed by atoms with Crippen molar-refractivity contribution in [3.05, 3.63) is 121 Å². The number of benzene rings is 4. The lowest BCUT2D eigenvalue weighted by Gasteiger charge is -2.14. The van der Waals surface area contributed by atoms with Crippen molar-refractivity contribution in [1.82, 2.24) is 9.66 Å². The third-order valence-electron chi connectivity index (χ3n) is 7.10. The number of halogens is 1. The zero-order chi connectivity index (χ0) is 33.1. The zero-order valence-electron chi connectivity index (χ0n) is 25.1. The second-order valence-corrected chi connectivity index (χ2v) is 11.2. The van der Waals surface area contributed by atoms with Crippen molar-refractivity contribution >= 4 is 61.3 Å². The van der Waals surface area contributed by atoms with Crippen LogP contribution in [0.25, 0.3) is 33.5 Å². The van der Waals surface area contributed by atoms with E-state index in [9.17, 15) is 19.7 Å². The molecule has 12 nitrogen and oxygen atoms in total. The van der Waals surface area contributed by atoms with Crippen molar-refractivity contribution in [2.45, 2.75) is 13.8 Å². The number of nitrogens with one attached hydrogen (secondary N) is 1. The third-order valence-corrected chi connectivity index (χ3v) is 7.59. The number of hydrogen-bond donors (Lipinski definition) is 1. The van der Waals surface area contributed by atoms with Gasteiger partial charge in [-0.05, 0) is 67.9 Å². The van der Waals surface area contributed by atoms with Crippen LogP contribution in [0.4, 0.5) is 11.4 Å². The summed E-state index contributed by atoms with van der Waals surface area (Å²) < 4.78 is 19.3. The van der Waals surface area contributed by atoms with Crippen LogP contribution in [-0.4, -0.2) is 39.9 Å². The molecular formula is C34H26BrN5O7. The number of hydrogen-bond acceptors (Lipinski definition) is 9. The topological polar surface area (TPSA) is 151 Å². The molecule has 47 heavy (non-hydrogen) atoms. The Morgan fingerprint density at radius 2 is 1.87 bits per heavy atom. The number of furan rings is 1. The van der Waals surface area contributed by atoms with Gasteiger partial charge in [-0.1, -0.05) is 46.3 Å². The molecule has 6 rings (SSSR count). The van der Waals surface area contributed by atoms with Crippen molar-refractivity contribution in [3.8, 4) is 23.1 Å². The Bertz CT molecular complexity index is 2260. The molecule has 0 radical (unpaired) electrons. The summed E-state index contributed by atoms with van der Waals surface area (Å²) in [5.41, 5.74) is 1.79. The van der Waals surface area contributed by atoms with Gasteiger partial charge in [0.25, 0.3) is 11.5 Å². The van der Waals surface area contributed by atoms with Gasteiger partial charge in [0.2, 0.25) is 11.6 Å². The summed E-state index contributed by atoms with van der Waals surface area (Å²) in [5.74, 6) is -0.259. The van der Waals surface area contributed by atoms with Gasteiger partial charge < -0.3 is 19.2 Å². The highest BCUT2D eigenvalue weighted by Crippen LogP contribution is 2.38. The first kappa shape index (κ1) is 31.2. The molecule has 236 valence electrons. The van der Waals surface area contributed by atoms with Crippen LogP contribution in [0, 0.1) is 17.0 Å². The minimum absolute atomic E-state index is 0.0268. The molecule has 2 heterocycles. The number of nitro groups is 1. The molecule has 1 N–H and O–H groups in total. The van der Waals surface area contributed by atoms with Crippen molar-refractivity contribution < 1.29 is 23.6 Å². The molecule has 13 heteroatoms. The predicted octanol–water partition coefficient (Wildman–Crippen LogP) is 7.09. The first-order chi connectivity index (χ1) is 22.7. The minimum Gasteiger partial charge on any atom is -0.490 e. The SMILES string of the molecule is CCOc1cc(C=Nn2c(-c3cc4cc(Br)ccc4o3)nc3ccccc3c2=O)cc([N+](=O)[O-])c1OCC(=O)Nc1ccccc1C. The lowest BCUT2D eigenvalue weighted by atomic mass is 10.2. The van der Waals surface area contributed by atoms with E-state index in [1.165, 1.54) is 18.3 Å². The molecule has 2 aromatic heterocycles. The van der Waals surface area contributed by atoms with Gasteiger partial charge in [0.1, 0.15) is 5.58 Å². The maximum Gasteiger partial charge on any atom is 0.315 e. The first-order valence-electron chi connectivity index (χ1n) is 14.4. The Kier molecular flexibility index (Phi) is 8.80. The van der Waals surface area contributed by atoms with Crippen LogP contribution in [0.1, 0.15) is 18.1 Å². The number of fused-ring (bicyclic) bond motifs is 2. The molecule has 0 aliphatic heterocycles. The number of carbonyl (C=O) groups excluding carboxylic acids is 1. The minimum atomic E-state index is -0.643. The van der Waals surface area contributed by atoms with Gasteiger partial charge in [-0.3, -0.25) is 19.7 Å². The average molecular weight is 697 g/mol. The molecule has 0 unspecified atom stereocenters. The Hall–Kier alpha value is -5.82. The molecule has 0 atom stereocenters. The van der Waals surface area contributed by atoms with Crippen molar-refractivity contribution in [3.63, 3.8) is 0 Å². The van der Waals surface area contributed by atoms with Crippen molar-refractivity contribution in [1.29, 1.82) is 0 Å². The van der Waals surface area contributed by atoms with Crippen LogP contribution in [0.15, 0.2) is 104 Å². The van der Waals surface area contributed by atoms with Gasteiger partial charge in [0.05, 0.1) is 28.6 Å². The van der Waals surface area contributed by atoms with Gasteiger partial charge in [0, 0.05) is 27.2 Å². The van der Waals surface area contributed by atoms with E-state index in [-0.39, 0.29) is 29.5 Å². The number of amides is 1. The van der Waals surface area contributed by atoms with Gasteiger partial charge in [0.15, 0.2) is 18.1 Å². The number of rotatable bonds is 10. The lowest BCUT2D eigenvalue weighted by Crippen LogP contribution is -2.21. The fourth-order valence-electron chi connectivity index (χ4n) is 4.90. The van der Waals surface area contributed by atoms with Gasteiger partial charge in [-0.25, -0.2) is 4.98 Å². The van der Waals surface area contributed by atoms with Gasteiger partial charge in [-0.2, -0.15) is 9.78 Å². The van der Waals surface area contributed by atoms with E-state index < -0.39 is 28.7 Å². The summed E-state index contributed by atoms with van der Waals surface area (Å²) >= 11 is 3.45. The number of aromatic nitrogens is 2. The third kappa shape index (κ3) is 6.60. The fourth-order valence-corrected chi connectivity index (χ4v) is 5.28. The van der Waals surface area contributed by atoms with E-state index in [1.807, 2.05) is 31.2 Å². The molecule has 0 saturated heterocycles. The molecule has 0 spiro atoms. The van der Waals surface area contributed by atoms with E-state index in [0.29, 0.717) is 27.9 Å². The maximum atomic E-state index is 13.7. The average Bonchev–Trinajstić information content (AvgIpc) is 3.48. The standard InChI is InChI=1S/C34H26BrN5O7/c1-3-45-29-15-21(14-27(40(43)44)32(29)46-19-31(41)37-25-10-6-4-8-20(25)2)18-36-39-33(38-26-11-7-5-9-24(26)34(39)42)30-17-22-16-23(35)12-13-28(22)47-30/h4-18H,3,19H2,1-2H3,(H,37,41). The van der Waals surface area contributed by atoms with Crippen LogP contribution in [0.3, 0.4) is 0 Å². The van der Waals surface area contributed by atoms with Crippen LogP contribution in [0.2, 0.25) is 0 Å². The Balaban J connectivity index is 1.38. The molecule has 0 aliphatic rings. The quantitative estimate of drug-likeness (QED) is 0.0906. The van der Waals surface area contributed by atoms with Crippen LogP contribution >= 0.6 is 15.9 Å². The second kappa shape index (κ2) is 13.3. The number of anilines is 1. The number of ether oxygens (including phenoxy) is 2. The van der Waals surface area contributed by atoms with Crippen LogP contribution in [-0.2, 0) is 4.79 Å². The predicted molar refractivity (Wildman–Crippen MR) is 181 cm³/mol. The summed E-state index contributed by atoms with van der Waals surface area (Å²) in [4.78, 5) is 42.5. The van der Waals surface area contributed by atoms with E-state index in [0.717, 1.165) is 20.1 Å². The fraction of sp³-hybridized carbons (Fsp3) is 0.118. The Morgan fingerprint density at radius 3 is 2.66 bits per heavy atom. The highest BCUT2D eigenvalue weighted by Gasteiger charge is 2.24. The Labute approximate surface area is 275 Å². The zero-order valence-corrected chi connectivity index (χ0v) is 26.7. The molecule has 0 bridgehead atoms. The number of nitro benzene ring substituents is 1. The first-order valence-corrected chi connectivity index (χ1v) is 15.2. The number of carbonyl (C=O) groups is 1. The molecular weight excluding hydrogens is 670 g/mol. The van der Waals surface area contributed by atoms with Gasteiger partial charge >= 0.3 is 5.69 Å². The van der Waals surface area contributed by atoms with E-state index in [1.54, 1.807) is 55.5 Å². The smallest absolute Gasteiger partial charge is 0.315 e. The number of nitrogens with zero attached hydrogens (tertiary/aromatic N) is 4. The monoisotopic (exact) mass is 695 g/mol. The van der Waals surface area contributed by atoms with Crippen molar-refractivity contribution in [2.24, 2.45) is 5.10 Å². The molecule has 0 fully saturated rings. The highest BCUT2D eigenvalue weighted by atomic mass is 79.9. The van der Waals surface area contributed by atoms with Crippen LogP contribution < -0.4 is 20.3 Å². The molecule has 4 aromatic carbocycles. The maximum absolute atomic E-state index is 13.7. The van der Waals surface area contributed by atoms with E-state index >= 15 is 0 Å². The van der Waals surface area contributed by atoms with Crippen LogP contribution in [0.5, 0.6) is 11.5 Å². The summed E-state index contributed by atoms with van der Waals surface area (Å²) in [6.07, 6.45) is 1.28. The van der Waals surface area contributed by atoms with Gasteiger partial charge in [-0.15, -0.1) is 0 Å². The molecule has 6 aromatic rings. The normalized spacial score (nSPS) is 11.3. The van der Waals surface area contributed by atoms with Crippen molar-refractivity contribution in [2.75, 3.05) is 18.5 Å². The number of aryl methyl sites for hydroxylation is 1. The molecule has 0 saturated carbocycles. The summed E-state index contributed by atoms with van der Waals surface area (Å²) in [6, 6.07) is 24.0.